The molecule has 0 aromatic rings. The summed E-state index contributed by atoms with van der Waals surface area (Å²) in [7, 11) is 0. The Hall–Kier alpha value is 0.674. The first-order valence-electron chi connectivity index (χ1n) is 4.83. The van der Waals surface area contributed by atoms with E-state index >= 15 is 0 Å². The molecule has 74 valence electrons. The van der Waals surface area contributed by atoms with Crippen molar-refractivity contribution in [1.29, 1.82) is 0 Å². The van der Waals surface area contributed by atoms with Crippen molar-refractivity contribution in [3.63, 3.8) is 0 Å². The molecule has 0 atom stereocenters. The Balaban J connectivity index is 0. The standard InChI is InChI=1S/2C5H11.H2O.Ti/c2*1-4-5(2)3;;/h2*5H,1,4H2,2-3H3;1H2;. The molecule has 0 radical (unpaired) electrons. The van der Waals surface area contributed by atoms with Crippen molar-refractivity contribution in [2.45, 2.75) is 50.0 Å². The predicted octanol–water partition coefficient (Wildman–Crippen LogP) is 3.17. The Kier molecular flexibility index (Phi) is 12.3. The second-order valence-corrected chi connectivity index (χ2v) is 6.46. The minimum Gasteiger partial charge on any atom is -0.412 e. The maximum Gasteiger partial charge on any atom is -0.412 e. The topological polar surface area (TPSA) is 31.5 Å². The average molecular weight is 208 g/mol. The third kappa shape index (κ3) is 13.3. The maximum absolute atomic E-state index is 2.33. The van der Waals surface area contributed by atoms with Crippen molar-refractivity contribution in [2.24, 2.45) is 11.8 Å². The second-order valence-electron chi connectivity index (χ2n) is 4.12. The van der Waals surface area contributed by atoms with Crippen LogP contribution in [0.15, 0.2) is 0 Å². The van der Waals surface area contributed by atoms with Gasteiger partial charge in [0.25, 0.3) is 0 Å². The van der Waals surface area contributed by atoms with Crippen molar-refractivity contribution in [3.05, 3.63) is 0 Å². The normalized spacial score (nSPS) is 10.2. The molecule has 2 heteroatoms. The van der Waals surface area contributed by atoms with E-state index in [1.54, 1.807) is 9.45 Å². The summed E-state index contributed by atoms with van der Waals surface area (Å²) < 4.78 is 3.12. The van der Waals surface area contributed by atoms with Crippen LogP contribution < -0.4 is 0 Å². The third-order valence-corrected chi connectivity index (χ3v) is 3.80. The van der Waals surface area contributed by atoms with Gasteiger partial charge in [0, 0.05) is 0 Å². The molecular weight excluding hydrogens is 184 g/mol. The smallest absolute Gasteiger partial charge is 0.412 e. The fourth-order valence-electron chi connectivity index (χ4n) is 0.906. The first-order chi connectivity index (χ1) is 5.13. The van der Waals surface area contributed by atoms with Gasteiger partial charge in [0.05, 0.1) is 0 Å². The summed E-state index contributed by atoms with van der Waals surface area (Å²) in [5, 5.41) is 0. The van der Waals surface area contributed by atoms with Gasteiger partial charge in [-0.15, -0.1) is 0 Å². The zero-order chi connectivity index (χ0) is 8.69. The summed E-state index contributed by atoms with van der Waals surface area (Å²) in [5.41, 5.74) is 0. The Morgan fingerprint density at radius 1 is 0.833 bits per heavy atom. The minimum absolute atomic E-state index is 0. The van der Waals surface area contributed by atoms with Crippen LogP contribution in [0.5, 0.6) is 0 Å². The van der Waals surface area contributed by atoms with E-state index < -0.39 is 0 Å². The van der Waals surface area contributed by atoms with E-state index in [1.807, 2.05) is 0 Å². The number of hydrogen-bond donors (Lipinski definition) is 0. The summed E-state index contributed by atoms with van der Waals surface area (Å²) in [6.45, 7) is 9.31. The zero-order valence-electron chi connectivity index (χ0n) is 8.98. The molecule has 0 saturated carbocycles. The molecule has 2 N–H and O–H groups in total. The zero-order valence-corrected chi connectivity index (χ0v) is 10.5. The first kappa shape index (κ1) is 15.2. The summed E-state index contributed by atoms with van der Waals surface area (Å²) in [4.78, 5) is 0. The molecular formula is C10H24OTi. The number of rotatable bonds is 6. The summed E-state index contributed by atoms with van der Waals surface area (Å²) in [5.74, 6) is 1.86. The molecule has 0 aliphatic carbocycles. The van der Waals surface area contributed by atoms with Gasteiger partial charge >= 0.3 is 81.0 Å². The van der Waals surface area contributed by atoms with E-state index in [9.17, 15) is 0 Å². The minimum atomic E-state index is 0. The van der Waals surface area contributed by atoms with Gasteiger partial charge in [-0.25, -0.2) is 0 Å². The van der Waals surface area contributed by atoms with Crippen LogP contribution in [-0.4, -0.2) is 5.48 Å². The first-order valence-corrected chi connectivity index (χ1v) is 7.04. The van der Waals surface area contributed by atoms with Crippen LogP contribution in [0.25, 0.3) is 0 Å². The van der Waals surface area contributed by atoms with E-state index in [-0.39, 0.29) is 5.48 Å². The van der Waals surface area contributed by atoms with Gasteiger partial charge in [0.1, 0.15) is 0 Å². The molecule has 0 spiro atoms. The Labute approximate surface area is 86.6 Å². The third-order valence-electron chi connectivity index (χ3n) is 1.80. The Bertz CT molecular complexity index is 71.9. The van der Waals surface area contributed by atoms with Crippen molar-refractivity contribution in [1.82, 2.24) is 0 Å². The molecule has 0 amide bonds. The molecule has 0 unspecified atom stereocenters. The molecule has 1 nitrogen and oxygen atoms in total. The van der Waals surface area contributed by atoms with Crippen LogP contribution in [0.1, 0.15) is 40.5 Å². The Morgan fingerprint density at radius 3 is 1.42 bits per heavy atom. The summed E-state index contributed by atoms with van der Waals surface area (Å²) in [6.07, 6.45) is 2.94. The fourth-order valence-corrected chi connectivity index (χ4v) is 3.74. The Morgan fingerprint density at radius 2 is 1.17 bits per heavy atom. The molecule has 12 heavy (non-hydrogen) atoms. The van der Waals surface area contributed by atoms with E-state index in [1.165, 1.54) is 12.8 Å². The van der Waals surface area contributed by atoms with Crippen LogP contribution in [0.3, 0.4) is 0 Å². The van der Waals surface area contributed by atoms with E-state index in [4.69, 9.17) is 0 Å². The van der Waals surface area contributed by atoms with Gasteiger partial charge in [0.2, 0.25) is 0 Å². The quantitative estimate of drug-likeness (QED) is 0.474. The van der Waals surface area contributed by atoms with Crippen LogP contribution in [0.4, 0.5) is 0 Å². The molecule has 0 fully saturated rings. The van der Waals surface area contributed by atoms with Gasteiger partial charge in [-0.1, -0.05) is 0 Å². The average Bonchev–Trinajstić information content (AvgIpc) is 1.85. The predicted molar refractivity (Wildman–Crippen MR) is 52.1 cm³/mol. The van der Waals surface area contributed by atoms with Crippen molar-refractivity contribution in [3.8, 4) is 0 Å². The van der Waals surface area contributed by atoms with Crippen LogP contribution in [-0.2, 0) is 19.2 Å². The van der Waals surface area contributed by atoms with E-state index in [0.29, 0.717) is 19.2 Å². The van der Waals surface area contributed by atoms with Gasteiger partial charge in [0.15, 0.2) is 0 Å². The molecule has 0 aromatic carbocycles. The van der Waals surface area contributed by atoms with E-state index in [0.717, 1.165) is 11.8 Å². The molecule has 0 aliphatic rings. The molecule has 0 saturated heterocycles. The monoisotopic (exact) mass is 208 g/mol. The molecule has 0 aliphatic heterocycles. The fraction of sp³-hybridized carbons (Fsp3) is 1.00. The van der Waals surface area contributed by atoms with Gasteiger partial charge in [-0.05, 0) is 0 Å². The van der Waals surface area contributed by atoms with Crippen molar-refractivity contribution < 1.29 is 24.6 Å². The van der Waals surface area contributed by atoms with Gasteiger partial charge < -0.3 is 5.48 Å². The summed E-state index contributed by atoms with van der Waals surface area (Å²) >= 11 is 0.437. The molecule has 0 bridgehead atoms. The van der Waals surface area contributed by atoms with Crippen LogP contribution >= 0.6 is 0 Å². The summed E-state index contributed by atoms with van der Waals surface area (Å²) in [6, 6.07) is 0. The van der Waals surface area contributed by atoms with Gasteiger partial charge in [-0.2, -0.15) is 0 Å². The SMILES string of the molecule is CC(C)C[CH2][Ti][CH2]CC(C)C.O. The van der Waals surface area contributed by atoms with Crippen molar-refractivity contribution >= 4 is 0 Å². The largest absolute Gasteiger partial charge is 0.412 e. The molecule has 0 aromatic heterocycles. The van der Waals surface area contributed by atoms with Crippen molar-refractivity contribution in [2.75, 3.05) is 0 Å². The molecule has 0 heterocycles. The molecule has 0 rings (SSSR count). The second kappa shape index (κ2) is 9.76. The van der Waals surface area contributed by atoms with Gasteiger partial charge in [-0.3, -0.25) is 0 Å². The van der Waals surface area contributed by atoms with Crippen LogP contribution in [0, 0.1) is 11.8 Å². The van der Waals surface area contributed by atoms with E-state index in [2.05, 4.69) is 27.7 Å². The maximum atomic E-state index is 2.33. The number of hydrogen-bond acceptors (Lipinski definition) is 0. The van der Waals surface area contributed by atoms with Crippen LogP contribution in [0.2, 0.25) is 9.45 Å².